The smallest absolute Gasteiger partial charge is 0.0352 e. The summed E-state index contributed by atoms with van der Waals surface area (Å²) in [4.78, 5) is 0. The highest BCUT2D eigenvalue weighted by molar-refractivity contribution is 5.35. The molecule has 0 bridgehead atoms. The molecule has 1 aromatic rings. The van der Waals surface area contributed by atoms with Gasteiger partial charge in [-0.05, 0) is 36.9 Å². The molecule has 2 rings (SSSR count). The van der Waals surface area contributed by atoms with Gasteiger partial charge >= 0.3 is 0 Å². The van der Waals surface area contributed by atoms with Crippen molar-refractivity contribution in [2.24, 2.45) is 5.92 Å². The molecule has 0 aliphatic heterocycles. The maximum Gasteiger partial charge on any atom is 0.0352 e. The molecule has 0 heterocycles. The van der Waals surface area contributed by atoms with Crippen LogP contribution in [0, 0.1) is 5.92 Å². The van der Waals surface area contributed by atoms with E-state index in [0.29, 0.717) is 6.04 Å². The maximum atomic E-state index is 3.51. The maximum absolute atomic E-state index is 3.51. The van der Waals surface area contributed by atoms with Crippen LogP contribution in [0.2, 0.25) is 0 Å². The fourth-order valence-corrected chi connectivity index (χ4v) is 3.17. The second-order valence-electron chi connectivity index (χ2n) is 5.28. The molecule has 0 spiro atoms. The van der Waals surface area contributed by atoms with Crippen molar-refractivity contribution in [3.8, 4) is 0 Å². The topological polar surface area (TPSA) is 12.0 Å². The zero-order valence-corrected chi connectivity index (χ0v) is 11.2. The van der Waals surface area contributed by atoms with E-state index in [9.17, 15) is 0 Å². The molecule has 0 saturated heterocycles. The molecule has 0 fully saturated rings. The van der Waals surface area contributed by atoms with Crippen LogP contribution in [0.3, 0.4) is 0 Å². The monoisotopic (exact) mass is 231 g/mol. The average Bonchev–Trinajstić information content (AvgIpc) is 2.72. The summed E-state index contributed by atoms with van der Waals surface area (Å²) in [6.45, 7) is 2.28. The molecule has 1 N–H and O–H groups in total. The van der Waals surface area contributed by atoms with Crippen molar-refractivity contribution in [2.45, 2.75) is 51.5 Å². The van der Waals surface area contributed by atoms with Crippen LogP contribution in [-0.4, -0.2) is 7.05 Å². The van der Waals surface area contributed by atoms with Gasteiger partial charge in [-0.15, -0.1) is 0 Å². The van der Waals surface area contributed by atoms with Crippen molar-refractivity contribution in [1.82, 2.24) is 5.32 Å². The van der Waals surface area contributed by atoms with E-state index in [1.54, 1.807) is 5.56 Å². The van der Waals surface area contributed by atoms with Crippen LogP contribution >= 0.6 is 0 Å². The van der Waals surface area contributed by atoms with E-state index in [1.165, 1.54) is 44.1 Å². The van der Waals surface area contributed by atoms with Gasteiger partial charge in [0.2, 0.25) is 0 Å². The Morgan fingerprint density at radius 2 is 2.00 bits per heavy atom. The minimum atomic E-state index is 0.591. The Bertz CT molecular complexity index is 345. The Labute approximate surface area is 106 Å². The van der Waals surface area contributed by atoms with Gasteiger partial charge in [-0.25, -0.2) is 0 Å². The predicted molar refractivity (Wildman–Crippen MR) is 74.2 cm³/mol. The lowest BCUT2D eigenvalue weighted by atomic mass is 9.94. The van der Waals surface area contributed by atoms with Crippen LogP contribution in [0.15, 0.2) is 24.3 Å². The number of unbranched alkanes of at least 4 members (excludes halogenated alkanes) is 3. The first kappa shape index (κ1) is 12.6. The molecular formula is C16H25N. The lowest BCUT2D eigenvalue weighted by Crippen LogP contribution is -2.21. The molecule has 1 aromatic carbocycles. The van der Waals surface area contributed by atoms with E-state index in [1.807, 2.05) is 0 Å². The third-order valence-electron chi connectivity index (χ3n) is 4.08. The molecule has 1 aliphatic carbocycles. The summed E-state index contributed by atoms with van der Waals surface area (Å²) >= 11 is 0. The van der Waals surface area contributed by atoms with Crippen LogP contribution in [0.25, 0.3) is 0 Å². The normalized spacial score (nSPS) is 22.7. The summed E-state index contributed by atoms with van der Waals surface area (Å²) in [7, 11) is 2.10. The van der Waals surface area contributed by atoms with Crippen molar-refractivity contribution >= 4 is 0 Å². The largest absolute Gasteiger partial charge is 0.313 e. The van der Waals surface area contributed by atoms with Gasteiger partial charge in [-0.3, -0.25) is 0 Å². The highest BCUT2D eigenvalue weighted by Gasteiger charge is 2.30. The molecule has 2 atom stereocenters. The van der Waals surface area contributed by atoms with Crippen molar-refractivity contribution in [3.63, 3.8) is 0 Å². The lowest BCUT2D eigenvalue weighted by molar-refractivity contribution is 0.372. The number of benzene rings is 1. The van der Waals surface area contributed by atoms with E-state index in [4.69, 9.17) is 0 Å². The summed E-state index contributed by atoms with van der Waals surface area (Å²) < 4.78 is 0. The Morgan fingerprint density at radius 3 is 2.76 bits per heavy atom. The van der Waals surface area contributed by atoms with Crippen LogP contribution in [0.4, 0.5) is 0 Å². The third kappa shape index (κ3) is 2.90. The highest BCUT2D eigenvalue weighted by Crippen LogP contribution is 2.38. The molecule has 2 unspecified atom stereocenters. The SMILES string of the molecule is CCCCCCC1Cc2ccccc2C1NC. The lowest BCUT2D eigenvalue weighted by Gasteiger charge is -2.19. The second kappa shape index (κ2) is 6.20. The number of hydrogen-bond donors (Lipinski definition) is 1. The van der Waals surface area contributed by atoms with Gasteiger partial charge in [-0.1, -0.05) is 56.9 Å². The molecular weight excluding hydrogens is 206 g/mol. The first-order valence-corrected chi connectivity index (χ1v) is 7.12. The summed E-state index contributed by atoms with van der Waals surface area (Å²) in [6.07, 6.45) is 8.17. The van der Waals surface area contributed by atoms with Gasteiger partial charge in [0, 0.05) is 6.04 Å². The minimum absolute atomic E-state index is 0.591. The number of rotatable bonds is 6. The number of fused-ring (bicyclic) bond motifs is 1. The van der Waals surface area contributed by atoms with Crippen molar-refractivity contribution < 1.29 is 0 Å². The van der Waals surface area contributed by atoms with Gasteiger partial charge < -0.3 is 5.32 Å². The Balaban J connectivity index is 1.93. The molecule has 0 radical (unpaired) electrons. The minimum Gasteiger partial charge on any atom is -0.313 e. The zero-order chi connectivity index (χ0) is 12.1. The molecule has 0 aromatic heterocycles. The van der Waals surface area contributed by atoms with Gasteiger partial charge in [0.15, 0.2) is 0 Å². The van der Waals surface area contributed by atoms with E-state index < -0.39 is 0 Å². The van der Waals surface area contributed by atoms with Crippen LogP contribution in [0.1, 0.15) is 56.2 Å². The number of hydrogen-bond acceptors (Lipinski definition) is 1. The highest BCUT2D eigenvalue weighted by atomic mass is 14.9. The summed E-state index contributed by atoms with van der Waals surface area (Å²) in [6, 6.07) is 9.52. The van der Waals surface area contributed by atoms with Gasteiger partial charge in [-0.2, -0.15) is 0 Å². The van der Waals surface area contributed by atoms with Crippen LogP contribution in [0.5, 0.6) is 0 Å². The molecule has 1 nitrogen and oxygen atoms in total. The van der Waals surface area contributed by atoms with Gasteiger partial charge in [0.1, 0.15) is 0 Å². The van der Waals surface area contributed by atoms with E-state index >= 15 is 0 Å². The second-order valence-corrected chi connectivity index (χ2v) is 5.28. The van der Waals surface area contributed by atoms with Crippen LogP contribution in [-0.2, 0) is 6.42 Å². The van der Waals surface area contributed by atoms with Gasteiger partial charge in [0.25, 0.3) is 0 Å². The van der Waals surface area contributed by atoms with Crippen molar-refractivity contribution in [3.05, 3.63) is 35.4 Å². The van der Waals surface area contributed by atoms with Crippen LogP contribution < -0.4 is 5.32 Å². The summed E-state index contributed by atoms with van der Waals surface area (Å²) in [5, 5.41) is 3.51. The number of nitrogens with one attached hydrogen (secondary N) is 1. The summed E-state index contributed by atoms with van der Waals surface area (Å²) in [5.41, 5.74) is 3.10. The molecule has 17 heavy (non-hydrogen) atoms. The fraction of sp³-hybridized carbons (Fsp3) is 0.625. The molecule has 0 saturated carbocycles. The molecule has 94 valence electrons. The summed E-state index contributed by atoms with van der Waals surface area (Å²) in [5.74, 6) is 0.814. The van der Waals surface area contributed by atoms with Crippen molar-refractivity contribution in [1.29, 1.82) is 0 Å². The zero-order valence-electron chi connectivity index (χ0n) is 11.2. The van der Waals surface area contributed by atoms with E-state index in [-0.39, 0.29) is 0 Å². The fourth-order valence-electron chi connectivity index (χ4n) is 3.17. The first-order chi connectivity index (χ1) is 8.36. The Kier molecular flexibility index (Phi) is 4.61. The average molecular weight is 231 g/mol. The molecule has 1 heteroatoms. The molecule has 0 amide bonds. The van der Waals surface area contributed by atoms with E-state index in [2.05, 4.69) is 43.6 Å². The predicted octanol–water partition coefficient (Wildman–Crippen LogP) is 4.09. The molecule has 1 aliphatic rings. The van der Waals surface area contributed by atoms with Gasteiger partial charge in [0.05, 0.1) is 0 Å². The first-order valence-electron chi connectivity index (χ1n) is 7.12. The Morgan fingerprint density at radius 1 is 1.18 bits per heavy atom. The quantitative estimate of drug-likeness (QED) is 0.727. The Hall–Kier alpha value is -0.820. The third-order valence-corrected chi connectivity index (χ3v) is 4.08. The standard InChI is InChI=1S/C16H25N/c1-3-4-5-6-10-14-12-13-9-7-8-11-15(13)16(14)17-2/h7-9,11,14,16-17H,3-6,10,12H2,1-2H3. The van der Waals surface area contributed by atoms with Crippen molar-refractivity contribution in [2.75, 3.05) is 7.05 Å². The van der Waals surface area contributed by atoms with E-state index in [0.717, 1.165) is 5.92 Å².